The van der Waals surface area contributed by atoms with Crippen LogP contribution in [0.2, 0.25) is 0 Å². The van der Waals surface area contributed by atoms with Gasteiger partial charge in [0, 0.05) is 18.2 Å². The fraction of sp³-hybridized carbons (Fsp3) is 0.250. The smallest absolute Gasteiger partial charge is 0.215 e. The lowest BCUT2D eigenvalue weighted by atomic mass is 10.1. The van der Waals surface area contributed by atoms with Crippen molar-refractivity contribution in [2.45, 2.75) is 18.8 Å². The van der Waals surface area contributed by atoms with Gasteiger partial charge in [0.1, 0.15) is 11.6 Å². The van der Waals surface area contributed by atoms with Crippen LogP contribution in [0.25, 0.3) is 0 Å². The van der Waals surface area contributed by atoms with E-state index in [2.05, 4.69) is 4.72 Å². The lowest BCUT2D eigenvalue weighted by molar-refractivity contribution is 0.182. The third kappa shape index (κ3) is 5.09. The quantitative estimate of drug-likeness (QED) is 0.848. The molecule has 0 amide bonds. The zero-order valence-corrected chi connectivity index (χ0v) is 13.3. The van der Waals surface area contributed by atoms with Crippen LogP contribution in [0.15, 0.2) is 42.5 Å². The zero-order chi connectivity index (χ0) is 17.0. The van der Waals surface area contributed by atoms with Gasteiger partial charge >= 0.3 is 0 Å². The second-order valence-electron chi connectivity index (χ2n) is 5.27. The van der Waals surface area contributed by atoms with Crippen LogP contribution in [0, 0.1) is 18.6 Å². The molecule has 124 valence electrons. The van der Waals surface area contributed by atoms with Gasteiger partial charge in [0.15, 0.2) is 0 Å². The second kappa shape index (κ2) is 7.16. The van der Waals surface area contributed by atoms with Gasteiger partial charge < -0.3 is 5.11 Å². The van der Waals surface area contributed by atoms with E-state index in [0.717, 1.165) is 17.7 Å². The van der Waals surface area contributed by atoms with Crippen molar-refractivity contribution < 1.29 is 22.3 Å². The number of benzene rings is 2. The summed E-state index contributed by atoms with van der Waals surface area (Å²) in [7, 11) is -3.86. The summed E-state index contributed by atoms with van der Waals surface area (Å²) in [5.74, 6) is -2.32. The molecule has 0 saturated carbocycles. The first-order chi connectivity index (χ1) is 10.8. The molecule has 1 atom stereocenters. The fourth-order valence-corrected chi connectivity index (χ4v) is 3.25. The van der Waals surface area contributed by atoms with Crippen molar-refractivity contribution in [1.29, 1.82) is 0 Å². The van der Waals surface area contributed by atoms with Gasteiger partial charge in [-0.05, 0) is 18.6 Å². The highest BCUT2D eigenvalue weighted by Crippen LogP contribution is 2.15. The molecule has 0 heterocycles. The van der Waals surface area contributed by atoms with Crippen LogP contribution in [-0.4, -0.2) is 20.1 Å². The summed E-state index contributed by atoms with van der Waals surface area (Å²) in [6.45, 7) is 1.63. The number of aryl methyl sites for hydroxylation is 1. The van der Waals surface area contributed by atoms with E-state index in [4.69, 9.17) is 0 Å². The minimum atomic E-state index is -3.86. The average molecular weight is 341 g/mol. The number of rotatable bonds is 6. The molecule has 0 aliphatic heterocycles. The van der Waals surface area contributed by atoms with Crippen LogP contribution in [0.1, 0.15) is 22.8 Å². The Morgan fingerprint density at radius 3 is 2.57 bits per heavy atom. The van der Waals surface area contributed by atoms with E-state index in [1.807, 2.05) is 13.0 Å². The van der Waals surface area contributed by atoms with E-state index in [-0.39, 0.29) is 12.1 Å². The molecule has 0 saturated heterocycles. The van der Waals surface area contributed by atoms with E-state index < -0.39 is 33.5 Å². The van der Waals surface area contributed by atoms with Crippen molar-refractivity contribution in [3.8, 4) is 0 Å². The molecular formula is C16H17F2NO3S. The molecule has 0 aliphatic rings. The molecule has 2 rings (SSSR count). The predicted molar refractivity (Wildman–Crippen MR) is 83.1 cm³/mol. The first-order valence-corrected chi connectivity index (χ1v) is 8.58. The number of hydrogen-bond donors (Lipinski definition) is 2. The Bertz CT molecular complexity index is 794. The molecule has 7 heteroatoms. The monoisotopic (exact) mass is 341 g/mol. The summed E-state index contributed by atoms with van der Waals surface area (Å²) < 4.78 is 52.5. The van der Waals surface area contributed by atoms with Crippen molar-refractivity contribution >= 4 is 10.0 Å². The maximum Gasteiger partial charge on any atom is 0.215 e. The highest BCUT2D eigenvalue weighted by molar-refractivity contribution is 7.88. The van der Waals surface area contributed by atoms with Crippen molar-refractivity contribution in [2.24, 2.45) is 0 Å². The average Bonchev–Trinajstić information content (AvgIpc) is 2.48. The van der Waals surface area contributed by atoms with Crippen LogP contribution < -0.4 is 4.72 Å². The number of halogens is 2. The zero-order valence-electron chi connectivity index (χ0n) is 12.5. The molecule has 1 unspecified atom stereocenters. The Labute approximate surface area is 133 Å². The van der Waals surface area contributed by atoms with Crippen LogP contribution in [0.5, 0.6) is 0 Å². The van der Waals surface area contributed by atoms with Crippen molar-refractivity contribution in [3.63, 3.8) is 0 Å². The molecule has 4 nitrogen and oxygen atoms in total. The molecular weight excluding hydrogens is 324 g/mol. The lowest BCUT2D eigenvalue weighted by Crippen LogP contribution is -2.29. The topological polar surface area (TPSA) is 66.4 Å². The summed E-state index contributed by atoms with van der Waals surface area (Å²) in [6.07, 6.45) is -1.01. The van der Waals surface area contributed by atoms with E-state index >= 15 is 0 Å². The summed E-state index contributed by atoms with van der Waals surface area (Å²) in [5.41, 5.74) is 1.39. The molecule has 2 N–H and O–H groups in total. The Kier molecular flexibility index (Phi) is 5.46. The van der Waals surface area contributed by atoms with Crippen LogP contribution >= 0.6 is 0 Å². The number of sulfonamides is 1. The molecule has 0 fully saturated rings. The summed E-state index contributed by atoms with van der Waals surface area (Å²) in [6, 6.07) is 9.76. The standard InChI is InChI=1S/C16H17F2NO3S/c1-11-3-2-4-12(7-11)16(20)9-19-23(21,22)10-13-5-6-14(17)8-15(13)18/h2-8,16,19-20H,9-10H2,1H3. The Balaban J connectivity index is 2.01. The maximum absolute atomic E-state index is 13.5. The molecule has 0 aromatic heterocycles. The number of hydrogen-bond acceptors (Lipinski definition) is 3. The molecule has 0 bridgehead atoms. The van der Waals surface area contributed by atoms with Gasteiger partial charge in [-0.25, -0.2) is 21.9 Å². The van der Waals surface area contributed by atoms with Gasteiger partial charge in [-0.2, -0.15) is 0 Å². The number of nitrogens with one attached hydrogen (secondary N) is 1. The third-order valence-corrected chi connectivity index (χ3v) is 4.58. The highest BCUT2D eigenvalue weighted by Gasteiger charge is 2.17. The maximum atomic E-state index is 13.5. The predicted octanol–water partition coefficient (Wildman–Crippen LogP) is 2.43. The normalized spacial score (nSPS) is 13.0. The SMILES string of the molecule is Cc1cccc(C(O)CNS(=O)(=O)Cc2ccc(F)cc2F)c1. The number of aliphatic hydroxyl groups is 1. The Hall–Kier alpha value is -1.83. The first kappa shape index (κ1) is 17.5. The van der Waals surface area contributed by atoms with Gasteiger partial charge in [-0.15, -0.1) is 0 Å². The summed E-state index contributed by atoms with van der Waals surface area (Å²) >= 11 is 0. The molecule has 0 aliphatic carbocycles. The second-order valence-corrected chi connectivity index (χ2v) is 7.08. The summed E-state index contributed by atoms with van der Waals surface area (Å²) in [4.78, 5) is 0. The van der Waals surface area contributed by atoms with Crippen molar-refractivity contribution in [3.05, 3.63) is 70.8 Å². The lowest BCUT2D eigenvalue weighted by Gasteiger charge is -2.13. The first-order valence-electron chi connectivity index (χ1n) is 6.93. The van der Waals surface area contributed by atoms with Crippen molar-refractivity contribution in [1.82, 2.24) is 4.72 Å². The highest BCUT2D eigenvalue weighted by atomic mass is 32.2. The molecule has 0 radical (unpaired) electrons. The van der Waals surface area contributed by atoms with Crippen molar-refractivity contribution in [2.75, 3.05) is 6.54 Å². The summed E-state index contributed by atoms with van der Waals surface area (Å²) in [5, 5.41) is 10.0. The van der Waals surface area contributed by atoms with Gasteiger partial charge in [-0.1, -0.05) is 35.9 Å². The molecule has 23 heavy (non-hydrogen) atoms. The molecule has 0 spiro atoms. The Morgan fingerprint density at radius 2 is 1.91 bits per heavy atom. The molecule has 2 aromatic carbocycles. The minimum absolute atomic E-state index is 0.135. The fourth-order valence-electron chi connectivity index (χ4n) is 2.10. The molecule has 2 aromatic rings. The van der Waals surface area contributed by atoms with E-state index in [0.29, 0.717) is 11.6 Å². The third-order valence-electron chi connectivity index (χ3n) is 3.28. The van der Waals surface area contributed by atoms with Gasteiger partial charge in [-0.3, -0.25) is 0 Å². The van der Waals surface area contributed by atoms with Crippen LogP contribution in [0.4, 0.5) is 8.78 Å². The van der Waals surface area contributed by atoms with Gasteiger partial charge in [0.25, 0.3) is 0 Å². The Morgan fingerprint density at radius 1 is 1.17 bits per heavy atom. The van der Waals surface area contributed by atoms with Crippen LogP contribution in [0.3, 0.4) is 0 Å². The van der Waals surface area contributed by atoms with E-state index in [1.54, 1.807) is 18.2 Å². The van der Waals surface area contributed by atoms with Gasteiger partial charge in [0.2, 0.25) is 10.0 Å². The van der Waals surface area contributed by atoms with Crippen LogP contribution in [-0.2, 0) is 15.8 Å². The van der Waals surface area contributed by atoms with E-state index in [9.17, 15) is 22.3 Å². The largest absolute Gasteiger partial charge is 0.387 e. The van der Waals surface area contributed by atoms with Gasteiger partial charge in [0.05, 0.1) is 11.9 Å². The number of aliphatic hydroxyl groups excluding tert-OH is 1. The van der Waals surface area contributed by atoms with E-state index in [1.165, 1.54) is 0 Å². The minimum Gasteiger partial charge on any atom is -0.387 e.